The van der Waals surface area contributed by atoms with Crippen LogP contribution in [0, 0.1) is 0 Å². The van der Waals surface area contributed by atoms with E-state index in [1.807, 2.05) is 36.4 Å². The van der Waals surface area contributed by atoms with Crippen molar-refractivity contribution in [1.82, 2.24) is 0 Å². The van der Waals surface area contributed by atoms with Crippen LogP contribution in [0.5, 0.6) is 0 Å². The normalized spacial score (nSPS) is 11.6. The van der Waals surface area contributed by atoms with Crippen molar-refractivity contribution in [1.29, 1.82) is 0 Å². The highest BCUT2D eigenvalue weighted by Crippen LogP contribution is 2.50. The molecular weight excluding hydrogens is 407 g/mol. The van der Waals surface area contributed by atoms with Crippen LogP contribution >= 0.6 is 7.49 Å². The second-order valence-electron chi connectivity index (χ2n) is 8.90. The van der Waals surface area contributed by atoms with Gasteiger partial charge < -0.3 is 0 Å². The van der Waals surface area contributed by atoms with E-state index in [-0.39, 0.29) is 0 Å². The van der Waals surface area contributed by atoms with Crippen LogP contribution in [0.2, 0.25) is 0 Å². The molecule has 0 radical (unpaired) electrons. The zero-order valence-electron chi connectivity index (χ0n) is 19.8. The van der Waals surface area contributed by atoms with Gasteiger partial charge in [-0.15, -0.1) is 0 Å². The zero-order chi connectivity index (χ0) is 22.5. The van der Waals surface area contributed by atoms with Crippen molar-refractivity contribution in [3.63, 3.8) is 0 Å². The smallest absolute Gasteiger partial charge is 0.235 e. The van der Waals surface area contributed by atoms with Crippen molar-refractivity contribution in [2.45, 2.75) is 77.6 Å². The Morgan fingerprint density at radius 1 is 0.500 bits per heavy atom. The quantitative estimate of drug-likeness (QED) is 0.202. The summed E-state index contributed by atoms with van der Waals surface area (Å²) in [6.07, 6.45) is 14.8. The van der Waals surface area contributed by atoms with Gasteiger partial charge >= 0.3 is 0 Å². The Hall–Kier alpha value is -1.95. The average Bonchev–Trinajstić information content (AvgIpc) is 2.86. The summed E-state index contributed by atoms with van der Waals surface area (Å²) in [6.45, 7) is 2.28. The van der Waals surface area contributed by atoms with Crippen LogP contribution in [0.15, 0.2) is 84.9 Å². The summed E-state index contributed by atoms with van der Waals surface area (Å²) in [6, 6.07) is 29.0. The van der Waals surface area contributed by atoms with Gasteiger partial charge in [-0.3, -0.25) is 0 Å². The summed E-state index contributed by atoms with van der Waals surface area (Å²) in [7, 11) is -2.60. The first-order chi connectivity index (χ1) is 15.7. The van der Waals surface area contributed by atoms with Crippen molar-refractivity contribution >= 4 is 23.4 Å². The first-order valence-electron chi connectivity index (χ1n) is 12.6. The van der Waals surface area contributed by atoms with E-state index in [1.165, 1.54) is 69.8 Å². The van der Waals surface area contributed by atoms with Gasteiger partial charge in [0, 0.05) is 0 Å². The number of hydrogen-bond acceptors (Lipinski definition) is 1. The molecule has 32 heavy (non-hydrogen) atoms. The van der Waals surface area contributed by atoms with Crippen LogP contribution in [-0.2, 0) is 6.42 Å². The van der Waals surface area contributed by atoms with Crippen LogP contribution in [0.25, 0.3) is 0 Å². The molecule has 0 aliphatic heterocycles. The average molecular weight is 448 g/mol. The molecule has 0 spiro atoms. The van der Waals surface area contributed by atoms with Crippen molar-refractivity contribution in [3.8, 4) is 0 Å². The molecule has 0 bridgehead atoms. The lowest BCUT2D eigenvalue weighted by atomic mass is 10.0. The molecule has 1 nitrogen and oxygen atoms in total. The SMILES string of the molecule is CCCCCCCCCCCCc1ccc([P+](O)(c2ccccc2)c2ccccc2)cc1. The molecule has 3 aromatic rings. The molecule has 170 valence electrons. The largest absolute Gasteiger partial charge is 0.238 e. The van der Waals surface area contributed by atoms with E-state index >= 15 is 0 Å². The molecule has 0 saturated heterocycles. The van der Waals surface area contributed by atoms with Gasteiger partial charge in [-0.25, -0.2) is 4.89 Å². The molecule has 0 amide bonds. The minimum atomic E-state index is -2.60. The van der Waals surface area contributed by atoms with Gasteiger partial charge in [0.15, 0.2) is 0 Å². The second-order valence-corrected chi connectivity index (χ2v) is 11.7. The molecule has 0 fully saturated rings. The van der Waals surface area contributed by atoms with Crippen molar-refractivity contribution < 1.29 is 4.89 Å². The van der Waals surface area contributed by atoms with Crippen LogP contribution in [-0.4, -0.2) is 4.89 Å². The van der Waals surface area contributed by atoms with Crippen LogP contribution in [0.3, 0.4) is 0 Å². The number of unbranched alkanes of at least 4 members (excludes halogenated alkanes) is 9. The maximum atomic E-state index is 12.0. The Bertz CT molecular complexity index is 834. The van der Waals surface area contributed by atoms with E-state index in [4.69, 9.17) is 0 Å². The molecule has 1 N–H and O–H groups in total. The molecule has 0 atom stereocenters. The van der Waals surface area contributed by atoms with E-state index in [0.717, 1.165) is 22.3 Å². The number of hydrogen-bond donors (Lipinski definition) is 1. The number of benzene rings is 3. The van der Waals surface area contributed by atoms with Crippen molar-refractivity contribution in [3.05, 3.63) is 90.5 Å². The third-order valence-corrected chi connectivity index (χ3v) is 9.53. The van der Waals surface area contributed by atoms with Crippen molar-refractivity contribution in [2.24, 2.45) is 0 Å². The van der Waals surface area contributed by atoms with Crippen LogP contribution < -0.4 is 15.9 Å². The van der Waals surface area contributed by atoms with E-state index in [9.17, 15) is 4.89 Å². The summed E-state index contributed by atoms with van der Waals surface area (Å²) in [5.74, 6) is 0. The predicted molar refractivity (Wildman–Crippen MR) is 143 cm³/mol. The lowest BCUT2D eigenvalue weighted by Crippen LogP contribution is -2.30. The van der Waals surface area contributed by atoms with Gasteiger partial charge in [0.25, 0.3) is 0 Å². The molecule has 3 aromatic carbocycles. The molecule has 2 heteroatoms. The fraction of sp³-hybridized carbons (Fsp3) is 0.400. The standard InChI is InChI=1S/C30H40OP/c1-2-3-4-5-6-7-8-9-10-13-18-27-23-25-30(26-24-27)32(31,28-19-14-11-15-20-28)29-21-16-12-17-22-29/h11-12,14-17,19-26,31H,2-10,13,18H2,1H3/q+1. The second kappa shape index (κ2) is 13.6. The third-order valence-electron chi connectivity index (χ3n) is 6.39. The lowest BCUT2D eigenvalue weighted by Gasteiger charge is -2.20. The maximum Gasteiger partial charge on any atom is 0.238 e. The Balaban J connectivity index is 1.53. The first-order valence-corrected chi connectivity index (χ1v) is 14.3. The molecule has 0 aromatic heterocycles. The third kappa shape index (κ3) is 7.03. The van der Waals surface area contributed by atoms with Gasteiger partial charge in [0.1, 0.15) is 15.9 Å². The lowest BCUT2D eigenvalue weighted by molar-refractivity contribution is 0.556. The van der Waals surface area contributed by atoms with E-state index in [2.05, 4.69) is 55.5 Å². The molecular formula is C30H40OP+. The van der Waals surface area contributed by atoms with Gasteiger partial charge in [-0.05, 0) is 54.8 Å². The Labute approximate surface area is 196 Å². The summed E-state index contributed by atoms with van der Waals surface area (Å²) in [5, 5.41) is 3.05. The molecule has 0 aliphatic carbocycles. The van der Waals surface area contributed by atoms with E-state index < -0.39 is 7.49 Å². The van der Waals surface area contributed by atoms with Gasteiger partial charge in [0.2, 0.25) is 7.49 Å². The molecule has 0 aliphatic rings. The fourth-order valence-corrected chi connectivity index (χ4v) is 7.11. The Morgan fingerprint density at radius 3 is 1.38 bits per heavy atom. The van der Waals surface area contributed by atoms with Crippen molar-refractivity contribution in [2.75, 3.05) is 0 Å². The summed E-state index contributed by atoms with van der Waals surface area (Å²) >= 11 is 0. The van der Waals surface area contributed by atoms with Crippen LogP contribution in [0.4, 0.5) is 0 Å². The summed E-state index contributed by atoms with van der Waals surface area (Å²) in [5.41, 5.74) is 1.38. The Kier molecular flexibility index (Phi) is 10.5. The highest BCUT2D eigenvalue weighted by atomic mass is 31.2. The number of rotatable bonds is 14. The molecule has 0 saturated carbocycles. The zero-order valence-corrected chi connectivity index (χ0v) is 20.6. The fourth-order valence-electron chi connectivity index (χ4n) is 4.43. The van der Waals surface area contributed by atoms with Gasteiger partial charge in [-0.1, -0.05) is 113 Å². The van der Waals surface area contributed by atoms with Gasteiger partial charge in [0.05, 0.1) is 0 Å². The molecule has 0 heterocycles. The number of aryl methyl sites for hydroxylation is 1. The first kappa shape index (κ1) is 24.7. The molecule has 3 rings (SSSR count). The summed E-state index contributed by atoms with van der Waals surface area (Å²) in [4.78, 5) is 12.0. The topological polar surface area (TPSA) is 20.2 Å². The minimum Gasteiger partial charge on any atom is -0.235 e. The van der Waals surface area contributed by atoms with Crippen LogP contribution in [0.1, 0.15) is 76.7 Å². The molecule has 0 unspecified atom stereocenters. The van der Waals surface area contributed by atoms with E-state index in [0.29, 0.717) is 0 Å². The highest BCUT2D eigenvalue weighted by Gasteiger charge is 2.43. The Morgan fingerprint density at radius 2 is 0.906 bits per heavy atom. The van der Waals surface area contributed by atoms with E-state index in [1.54, 1.807) is 0 Å². The predicted octanol–water partition coefficient (Wildman–Crippen LogP) is 7.35. The van der Waals surface area contributed by atoms with Gasteiger partial charge in [-0.2, -0.15) is 0 Å². The maximum absolute atomic E-state index is 12.0. The minimum absolute atomic E-state index is 1.01. The summed E-state index contributed by atoms with van der Waals surface area (Å²) < 4.78 is 0. The monoisotopic (exact) mass is 447 g/mol. The highest BCUT2D eigenvalue weighted by molar-refractivity contribution is 7.91.